The zero-order valence-corrected chi connectivity index (χ0v) is 11.5. The van der Waals surface area contributed by atoms with Crippen LogP contribution in [0.1, 0.15) is 12.8 Å². The smallest absolute Gasteiger partial charge is 0.330 e. The van der Waals surface area contributed by atoms with E-state index in [0.717, 1.165) is 12.8 Å². The fourth-order valence-electron chi connectivity index (χ4n) is 2.11. The van der Waals surface area contributed by atoms with Crippen LogP contribution in [0.4, 0.5) is 0 Å². The van der Waals surface area contributed by atoms with E-state index in [1.807, 2.05) is 0 Å². The first-order chi connectivity index (χ1) is 9.69. The van der Waals surface area contributed by atoms with Gasteiger partial charge in [0.25, 0.3) is 5.56 Å². The van der Waals surface area contributed by atoms with Crippen molar-refractivity contribution in [2.45, 2.75) is 25.9 Å². The fraction of sp³-hybridized carbons (Fsp3) is 0.583. The van der Waals surface area contributed by atoms with Crippen molar-refractivity contribution in [3.63, 3.8) is 0 Å². The number of imidazole rings is 1. The predicted molar refractivity (Wildman–Crippen MR) is 74.8 cm³/mol. The van der Waals surface area contributed by atoms with E-state index in [9.17, 15) is 9.59 Å². The van der Waals surface area contributed by atoms with Gasteiger partial charge in [0.1, 0.15) is 0 Å². The van der Waals surface area contributed by atoms with Crippen LogP contribution in [-0.2, 0) is 17.8 Å². The Morgan fingerprint density at radius 2 is 2.15 bits per heavy atom. The second-order valence-corrected chi connectivity index (χ2v) is 4.51. The van der Waals surface area contributed by atoms with Crippen LogP contribution < -0.4 is 17.0 Å². The minimum absolute atomic E-state index is 0.350. The molecule has 0 fully saturated rings. The maximum Gasteiger partial charge on any atom is 0.330 e. The summed E-state index contributed by atoms with van der Waals surface area (Å²) in [5.41, 5.74) is 5.38. The van der Waals surface area contributed by atoms with Gasteiger partial charge in [-0.05, 0) is 19.4 Å². The average Bonchev–Trinajstić information content (AvgIpc) is 2.83. The molecule has 0 aliphatic carbocycles. The van der Waals surface area contributed by atoms with Gasteiger partial charge < -0.3 is 15.0 Å². The number of aromatic nitrogens is 4. The third-order valence-corrected chi connectivity index (χ3v) is 3.13. The molecule has 0 radical (unpaired) electrons. The van der Waals surface area contributed by atoms with Gasteiger partial charge in [-0.1, -0.05) is 0 Å². The second-order valence-electron chi connectivity index (χ2n) is 4.51. The number of hydrogen-bond acceptors (Lipinski definition) is 5. The molecule has 8 nitrogen and oxygen atoms in total. The molecule has 0 spiro atoms. The lowest BCUT2D eigenvalue weighted by Gasteiger charge is -2.06. The first-order valence-corrected chi connectivity index (χ1v) is 6.56. The van der Waals surface area contributed by atoms with Crippen LogP contribution in [0.5, 0.6) is 0 Å². The molecule has 110 valence electrons. The number of fused-ring (bicyclic) bond motifs is 1. The molecule has 0 aliphatic heterocycles. The van der Waals surface area contributed by atoms with Crippen molar-refractivity contribution in [1.82, 2.24) is 19.1 Å². The zero-order chi connectivity index (χ0) is 14.5. The number of nitrogens with two attached hydrogens (primary N) is 1. The topological polar surface area (TPSA) is 108 Å². The first kappa shape index (κ1) is 14.5. The molecular formula is C12H19N5O3. The molecule has 8 heteroatoms. The summed E-state index contributed by atoms with van der Waals surface area (Å²) in [7, 11) is 1.55. The Labute approximate surface area is 115 Å². The lowest BCUT2D eigenvalue weighted by atomic mass is 10.3. The number of aryl methyl sites for hydroxylation is 1. The molecule has 0 saturated heterocycles. The summed E-state index contributed by atoms with van der Waals surface area (Å²) < 4.78 is 8.14. The number of rotatable bonds is 7. The molecule has 0 aromatic carbocycles. The third kappa shape index (κ3) is 2.81. The Bertz CT molecular complexity index is 684. The standard InChI is InChI=1S/C12H19N5O3/c1-20-7-6-17-10-9(11(18)15-12(17)19)16(8-14-10)5-3-2-4-13/h8H,2-7,13H2,1H3,(H,15,18,19). The van der Waals surface area contributed by atoms with Crippen molar-refractivity contribution in [2.75, 3.05) is 20.3 Å². The van der Waals surface area contributed by atoms with E-state index in [1.165, 1.54) is 4.57 Å². The lowest BCUT2D eigenvalue weighted by molar-refractivity contribution is 0.187. The Morgan fingerprint density at radius 3 is 2.85 bits per heavy atom. The highest BCUT2D eigenvalue weighted by atomic mass is 16.5. The van der Waals surface area contributed by atoms with Crippen LogP contribution in [0.15, 0.2) is 15.9 Å². The molecule has 3 N–H and O–H groups in total. The van der Waals surface area contributed by atoms with Crippen molar-refractivity contribution in [1.29, 1.82) is 0 Å². The number of H-pyrrole nitrogens is 1. The van der Waals surface area contributed by atoms with Crippen LogP contribution in [0.3, 0.4) is 0 Å². The van der Waals surface area contributed by atoms with E-state index in [1.54, 1.807) is 18.0 Å². The van der Waals surface area contributed by atoms with Gasteiger partial charge in [-0.15, -0.1) is 0 Å². The quantitative estimate of drug-likeness (QED) is 0.651. The van der Waals surface area contributed by atoms with Crippen molar-refractivity contribution < 1.29 is 4.74 Å². The summed E-state index contributed by atoms with van der Waals surface area (Å²) in [4.78, 5) is 30.3. The van der Waals surface area contributed by atoms with Gasteiger partial charge in [-0.2, -0.15) is 0 Å². The van der Waals surface area contributed by atoms with Crippen LogP contribution in [0, 0.1) is 0 Å². The summed E-state index contributed by atoms with van der Waals surface area (Å²) in [6.45, 7) is 1.99. The van der Waals surface area contributed by atoms with Crippen molar-refractivity contribution in [2.24, 2.45) is 5.73 Å². The molecule has 2 heterocycles. The summed E-state index contributed by atoms with van der Waals surface area (Å²) in [5.74, 6) is 0. The van der Waals surface area contributed by atoms with E-state index >= 15 is 0 Å². The summed E-state index contributed by atoms with van der Waals surface area (Å²) in [6, 6.07) is 0. The van der Waals surface area contributed by atoms with Gasteiger partial charge >= 0.3 is 5.69 Å². The van der Waals surface area contributed by atoms with E-state index in [0.29, 0.717) is 37.4 Å². The zero-order valence-electron chi connectivity index (χ0n) is 11.5. The number of methoxy groups -OCH3 is 1. The second kappa shape index (κ2) is 6.49. The predicted octanol–water partition coefficient (Wildman–Crippen LogP) is -0.728. The minimum Gasteiger partial charge on any atom is -0.383 e. The number of unbranched alkanes of at least 4 members (excludes halogenated alkanes) is 1. The van der Waals surface area contributed by atoms with E-state index < -0.39 is 11.2 Å². The molecule has 0 aliphatic rings. The van der Waals surface area contributed by atoms with Crippen molar-refractivity contribution >= 4 is 11.2 Å². The van der Waals surface area contributed by atoms with Crippen molar-refractivity contribution in [3.8, 4) is 0 Å². The monoisotopic (exact) mass is 281 g/mol. The van der Waals surface area contributed by atoms with Gasteiger partial charge in [0.05, 0.1) is 19.5 Å². The number of nitrogens with zero attached hydrogens (tertiary/aromatic N) is 3. The lowest BCUT2D eigenvalue weighted by Crippen LogP contribution is -2.32. The molecular weight excluding hydrogens is 262 g/mol. The maximum atomic E-state index is 12.0. The summed E-state index contributed by atoms with van der Waals surface area (Å²) >= 11 is 0. The Hall–Kier alpha value is -1.93. The van der Waals surface area contributed by atoms with Crippen LogP contribution in [-0.4, -0.2) is 39.4 Å². The highest BCUT2D eigenvalue weighted by molar-refractivity contribution is 5.69. The average molecular weight is 281 g/mol. The highest BCUT2D eigenvalue weighted by Crippen LogP contribution is 2.07. The van der Waals surface area contributed by atoms with Crippen LogP contribution >= 0.6 is 0 Å². The molecule has 0 unspecified atom stereocenters. The number of hydrogen-bond donors (Lipinski definition) is 2. The Kier molecular flexibility index (Phi) is 4.70. The molecule has 2 rings (SSSR count). The van der Waals surface area contributed by atoms with Crippen molar-refractivity contribution in [3.05, 3.63) is 27.2 Å². The highest BCUT2D eigenvalue weighted by Gasteiger charge is 2.13. The molecule has 20 heavy (non-hydrogen) atoms. The van der Waals surface area contributed by atoms with Crippen LogP contribution in [0.2, 0.25) is 0 Å². The number of ether oxygens (including phenoxy) is 1. The molecule has 2 aromatic rings. The number of aromatic amines is 1. The van der Waals surface area contributed by atoms with Gasteiger partial charge in [0.2, 0.25) is 0 Å². The third-order valence-electron chi connectivity index (χ3n) is 3.13. The van der Waals surface area contributed by atoms with Gasteiger partial charge in [-0.3, -0.25) is 14.3 Å². The van der Waals surface area contributed by atoms with E-state index in [4.69, 9.17) is 10.5 Å². The van der Waals surface area contributed by atoms with Gasteiger partial charge in [-0.25, -0.2) is 9.78 Å². The van der Waals surface area contributed by atoms with E-state index in [2.05, 4.69) is 9.97 Å². The molecule has 0 amide bonds. The van der Waals surface area contributed by atoms with Gasteiger partial charge in [0, 0.05) is 13.7 Å². The van der Waals surface area contributed by atoms with Crippen LogP contribution in [0.25, 0.3) is 11.2 Å². The molecule has 0 atom stereocenters. The first-order valence-electron chi connectivity index (χ1n) is 6.56. The molecule has 0 saturated carbocycles. The van der Waals surface area contributed by atoms with E-state index in [-0.39, 0.29) is 0 Å². The molecule has 0 bridgehead atoms. The fourth-order valence-corrected chi connectivity index (χ4v) is 2.11. The largest absolute Gasteiger partial charge is 0.383 e. The Morgan fingerprint density at radius 1 is 1.35 bits per heavy atom. The minimum atomic E-state index is -0.466. The Balaban J connectivity index is 2.44. The summed E-state index contributed by atoms with van der Waals surface area (Å²) in [5, 5.41) is 0. The SMILES string of the molecule is COCCn1c(=O)[nH]c(=O)c2c1ncn2CCCCN. The maximum absolute atomic E-state index is 12.0. The summed E-state index contributed by atoms with van der Waals surface area (Å²) in [6.07, 6.45) is 3.32. The number of nitrogens with one attached hydrogen (secondary N) is 1. The van der Waals surface area contributed by atoms with Gasteiger partial charge in [0.15, 0.2) is 11.2 Å². The normalized spacial score (nSPS) is 11.3. The molecule has 2 aromatic heterocycles.